The highest BCUT2D eigenvalue weighted by Gasteiger charge is 2.39. The van der Waals surface area contributed by atoms with Crippen LogP contribution in [-0.2, 0) is 17.5 Å². The Kier molecular flexibility index (Phi) is 7.64. The van der Waals surface area contributed by atoms with Crippen LogP contribution in [-0.4, -0.2) is 40.5 Å². The summed E-state index contributed by atoms with van der Waals surface area (Å²) in [5.74, 6) is -1.18. The van der Waals surface area contributed by atoms with Gasteiger partial charge in [-0.1, -0.05) is 54.1 Å². The first-order valence-electron chi connectivity index (χ1n) is 13.7. The minimum Gasteiger partial charge on any atom is -0.351 e. The molecule has 9 heteroatoms. The lowest BCUT2D eigenvalue weighted by atomic mass is 9.73. The molecule has 2 atom stereocenters. The number of pyridine rings is 1. The highest BCUT2D eigenvalue weighted by Crippen LogP contribution is 2.41. The summed E-state index contributed by atoms with van der Waals surface area (Å²) in [5, 5.41) is 7.99. The number of amides is 3. The third kappa shape index (κ3) is 6.29. The van der Waals surface area contributed by atoms with Crippen molar-refractivity contribution in [2.24, 2.45) is 11.8 Å². The molecule has 1 aromatic heterocycles. The Labute approximate surface area is 237 Å². The smallest absolute Gasteiger partial charge is 0.351 e. The minimum absolute atomic E-state index is 0.210. The molecule has 0 spiro atoms. The van der Waals surface area contributed by atoms with Crippen LogP contribution in [0.5, 0.6) is 0 Å². The van der Waals surface area contributed by atoms with Gasteiger partial charge in [-0.15, -0.1) is 0 Å². The summed E-state index contributed by atoms with van der Waals surface area (Å²) in [6.07, 6.45) is 3.01. The third-order valence-electron chi connectivity index (χ3n) is 7.54. The fourth-order valence-corrected chi connectivity index (χ4v) is 5.60. The molecule has 0 saturated carbocycles. The number of nitrogens with zero attached hydrogens (tertiary/aromatic N) is 2. The van der Waals surface area contributed by atoms with Crippen molar-refractivity contribution < 1.29 is 22.8 Å². The second-order valence-electron chi connectivity index (χ2n) is 11.6. The molecule has 0 radical (unpaired) electrons. The first-order valence-corrected chi connectivity index (χ1v) is 13.7. The number of carbonyl (C=O) groups is 2. The van der Waals surface area contributed by atoms with Gasteiger partial charge in [-0.3, -0.25) is 9.78 Å². The number of halogens is 3. The van der Waals surface area contributed by atoms with Gasteiger partial charge < -0.3 is 15.5 Å². The van der Waals surface area contributed by atoms with Gasteiger partial charge in [0.1, 0.15) is 0 Å². The van der Waals surface area contributed by atoms with Crippen LogP contribution in [0.4, 0.5) is 18.0 Å². The van der Waals surface area contributed by atoms with Crippen LogP contribution in [0.1, 0.15) is 43.9 Å². The number of likely N-dealkylation sites (tertiary alicyclic amines) is 1. The Bertz CT molecular complexity index is 1530. The van der Waals surface area contributed by atoms with Gasteiger partial charge in [0, 0.05) is 48.9 Å². The van der Waals surface area contributed by atoms with Crippen LogP contribution in [0.3, 0.4) is 0 Å². The summed E-state index contributed by atoms with van der Waals surface area (Å²) in [5.41, 5.74) is 1.74. The van der Waals surface area contributed by atoms with Crippen LogP contribution in [0, 0.1) is 11.8 Å². The molecule has 2 N–H and O–H groups in total. The largest absolute Gasteiger partial charge is 0.416 e. The van der Waals surface area contributed by atoms with Gasteiger partial charge in [0.2, 0.25) is 5.91 Å². The Balaban J connectivity index is 1.44. The van der Waals surface area contributed by atoms with Crippen molar-refractivity contribution in [1.82, 2.24) is 20.5 Å². The maximum absolute atomic E-state index is 13.6. The predicted octanol–water partition coefficient (Wildman–Crippen LogP) is 6.34. The van der Waals surface area contributed by atoms with E-state index in [2.05, 4.69) is 15.6 Å². The number of fused-ring (bicyclic) bond motifs is 2. The number of hydrogen-bond acceptors (Lipinski definition) is 3. The third-order valence-corrected chi connectivity index (χ3v) is 7.54. The number of allylic oxidation sites excluding steroid dienone is 2. The van der Waals surface area contributed by atoms with Gasteiger partial charge in [0.05, 0.1) is 11.5 Å². The normalized spacial score (nSPS) is 19.2. The topological polar surface area (TPSA) is 74.3 Å². The van der Waals surface area contributed by atoms with Gasteiger partial charge in [-0.25, -0.2) is 4.79 Å². The van der Waals surface area contributed by atoms with E-state index in [1.807, 2.05) is 45.0 Å². The second kappa shape index (κ2) is 11.0. The summed E-state index contributed by atoms with van der Waals surface area (Å²) >= 11 is 0. The van der Waals surface area contributed by atoms with Crippen LogP contribution in [0.2, 0.25) is 0 Å². The second-order valence-corrected chi connectivity index (χ2v) is 11.6. The minimum atomic E-state index is -4.47. The number of benzene rings is 2. The monoisotopic (exact) mass is 562 g/mol. The SMILES string of the molecule is CC(C)(C)NC(=O)N1CCC2=C(c3cccc(C(F)(F)F)c3)C=CC(C(=O)NCc3cncc4ccccc34)C2C1. The number of hydrogen-bond donors (Lipinski definition) is 2. The highest BCUT2D eigenvalue weighted by atomic mass is 19.4. The predicted molar refractivity (Wildman–Crippen MR) is 153 cm³/mol. The number of aromatic nitrogens is 1. The van der Waals surface area contributed by atoms with E-state index in [9.17, 15) is 22.8 Å². The molecular formula is C32H33F3N4O2. The summed E-state index contributed by atoms with van der Waals surface area (Å²) in [4.78, 5) is 32.7. The van der Waals surface area contributed by atoms with Crippen molar-refractivity contribution >= 4 is 28.3 Å². The maximum atomic E-state index is 13.6. The molecule has 1 aliphatic carbocycles. The van der Waals surface area contributed by atoms with Gasteiger partial charge in [-0.2, -0.15) is 13.2 Å². The van der Waals surface area contributed by atoms with Crippen molar-refractivity contribution in [3.63, 3.8) is 0 Å². The first-order chi connectivity index (χ1) is 19.4. The molecule has 2 unspecified atom stereocenters. The van der Waals surface area contributed by atoms with Gasteiger partial charge >= 0.3 is 12.2 Å². The molecule has 1 saturated heterocycles. The number of piperidine rings is 1. The van der Waals surface area contributed by atoms with Crippen LogP contribution in [0.25, 0.3) is 16.3 Å². The molecule has 3 aromatic rings. The number of carbonyl (C=O) groups excluding carboxylic acids is 2. The van der Waals surface area contributed by atoms with Crippen molar-refractivity contribution in [2.45, 2.75) is 45.5 Å². The lowest BCUT2D eigenvalue weighted by Crippen LogP contribution is -2.53. The Morgan fingerprint density at radius 3 is 2.59 bits per heavy atom. The average molecular weight is 563 g/mol. The molecule has 1 fully saturated rings. The molecule has 0 bridgehead atoms. The lowest BCUT2D eigenvalue weighted by molar-refractivity contribution is -0.137. The van der Waals surface area contributed by atoms with Gasteiger partial charge in [0.15, 0.2) is 0 Å². The fourth-order valence-electron chi connectivity index (χ4n) is 5.60. The Hall–Kier alpha value is -4.14. The zero-order valence-electron chi connectivity index (χ0n) is 23.3. The van der Waals surface area contributed by atoms with Crippen LogP contribution >= 0.6 is 0 Å². The summed E-state index contributed by atoms with van der Waals surface area (Å²) in [6.45, 7) is 6.64. The lowest BCUT2D eigenvalue weighted by Gasteiger charge is -2.41. The quantitative estimate of drug-likeness (QED) is 0.390. The fraction of sp³-hybridized carbons (Fsp3) is 0.344. The van der Waals surface area contributed by atoms with Crippen molar-refractivity contribution in [3.05, 3.63) is 95.3 Å². The number of rotatable bonds is 4. The number of alkyl halides is 3. The van der Waals surface area contributed by atoms with Crippen LogP contribution in [0.15, 0.2) is 78.6 Å². The maximum Gasteiger partial charge on any atom is 0.416 e. The molecule has 2 heterocycles. The summed E-state index contributed by atoms with van der Waals surface area (Å²) in [6, 6.07) is 12.8. The zero-order chi connectivity index (χ0) is 29.4. The molecular weight excluding hydrogens is 529 g/mol. The van der Waals surface area contributed by atoms with Crippen molar-refractivity contribution in [3.8, 4) is 0 Å². The summed E-state index contributed by atoms with van der Waals surface area (Å²) < 4.78 is 40.5. The van der Waals surface area contributed by atoms with E-state index in [0.29, 0.717) is 24.1 Å². The van der Waals surface area contributed by atoms with Crippen molar-refractivity contribution in [1.29, 1.82) is 0 Å². The highest BCUT2D eigenvalue weighted by molar-refractivity contribution is 5.88. The van der Waals surface area contributed by atoms with E-state index in [-0.39, 0.29) is 30.9 Å². The molecule has 6 nitrogen and oxygen atoms in total. The first kappa shape index (κ1) is 28.4. The number of urea groups is 1. The molecule has 2 aromatic carbocycles. The van der Waals surface area contributed by atoms with E-state index < -0.39 is 23.2 Å². The molecule has 41 heavy (non-hydrogen) atoms. The molecule has 214 valence electrons. The Morgan fingerprint density at radius 1 is 1.05 bits per heavy atom. The Morgan fingerprint density at radius 2 is 1.83 bits per heavy atom. The van der Waals surface area contributed by atoms with E-state index in [0.717, 1.165) is 34.0 Å². The zero-order valence-corrected chi connectivity index (χ0v) is 23.3. The van der Waals surface area contributed by atoms with Crippen molar-refractivity contribution in [2.75, 3.05) is 13.1 Å². The number of nitrogens with one attached hydrogen (secondary N) is 2. The summed E-state index contributed by atoms with van der Waals surface area (Å²) in [7, 11) is 0. The van der Waals surface area contributed by atoms with E-state index >= 15 is 0 Å². The van der Waals surface area contributed by atoms with E-state index in [1.54, 1.807) is 35.5 Å². The van der Waals surface area contributed by atoms with E-state index in [4.69, 9.17) is 0 Å². The molecule has 2 aliphatic rings. The van der Waals surface area contributed by atoms with E-state index in [1.165, 1.54) is 6.07 Å². The van der Waals surface area contributed by atoms with Crippen LogP contribution < -0.4 is 10.6 Å². The molecule has 1 aliphatic heterocycles. The molecule has 5 rings (SSSR count). The standard InChI is InChI=1S/C32H33F3N4O2/c1-31(2,3)38-30(41)39-14-13-26-25(20-8-6-9-23(15-20)32(33,34)35)11-12-27(28(26)19-39)29(40)37-18-22-17-36-16-21-7-4-5-10-24(21)22/h4-12,15-17,27-28H,13-14,18-19H2,1-3H3,(H,37,40)(H,38,41). The van der Waals surface area contributed by atoms with Gasteiger partial charge in [-0.05, 0) is 61.4 Å². The average Bonchev–Trinajstić information content (AvgIpc) is 2.93. The molecule has 3 amide bonds. The van der Waals surface area contributed by atoms with Gasteiger partial charge in [0.25, 0.3) is 0 Å².